The Bertz CT molecular complexity index is 1190. The quantitative estimate of drug-likeness (QED) is 0.629. The van der Waals surface area contributed by atoms with Gasteiger partial charge in [0, 0.05) is 31.7 Å². The predicted molar refractivity (Wildman–Crippen MR) is 129 cm³/mol. The van der Waals surface area contributed by atoms with Crippen LogP contribution in [0.15, 0.2) is 52.0 Å². The largest absolute Gasteiger partial charge is 0.459 e. The van der Waals surface area contributed by atoms with Crippen LogP contribution in [0.5, 0.6) is 0 Å². The number of carbonyl (C=O) groups is 2. The number of furan rings is 1. The van der Waals surface area contributed by atoms with Gasteiger partial charge < -0.3 is 14.2 Å². The van der Waals surface area contributed by atoms with Crippen LogP contribution in [-0.2, 0) is 20.4 Å². The van der Waals surface area contributed by atoms with Gasteiger partial charge in [0.1, 0.15) is 0 Å². The zero-order valence-corrected chi connectivity index (χ0v) is 20.7. The third-order valence-electron chi connectivity index (χ3n) is 8.73. The van der Waals surface area contributed by atoms with Crippen LogP contribution in [0, 0.1) is 23.2 Å². The lowest BCUT2D eigenvalue weighted by Gasteiger charge is -2.57. The molecule has 186 valence electrons. The van der Waals surface area contributed by atoms with E-state index in [-0.39, 0.29) is 27.7 Å². The van der Waals surface area contributed by atoms with Crippen molar-refractivity contribution in [3.8, 4) is 0 Å². The highest BCUT2D eigenvalue weighted by molar-refractivity contribution is 7.90. The normalized spacial score (nSPS) is 30.0. The highest BCUT2D eigenvalue weighted by atomic mass is 32.2. The van der Waals surface area contributed by atoms with Gasteiger partial charge in [-0.25, -0.2) is 8.42 Å². The smallest absolute Gasteiger partial charge is 0.289 e. The van der Waals surface area contributed by atoms with Gasteiger partial charge in [-0.3, -0.25) is 9.59 Å². The van der Waals surface area contributed by atoms with Gasteiger partial charge in [0.2, 0.25) is 5.91 Å². The highest BCUT2D eigenvalue weighted by Gasteiger charge is 2.55. The Balaban J connectivity index is 1.11. The molecule has 0 unspecified atom stereocenters. The summed E-state index contributed by atoms with van der Waals surface area (Å²) < 4.78 is 31.1. The first-order valence-electron chi connectivity index (χ1n) is 12.8. The number of hydrogen-bond donors (Lipinski definition) is 0. The maximum Gasteiger partial charge on any atom is 0.289 e. The van der Waals surface area contributed by atoms with Crippen molar-refractivity contribution in [3.63, 3.8) is 0 Å². The van der Waals surface area contributed by atoms with E-state index < -0.39 is 9.84 Å². The Morgan fingerprint density at radius 1 is 0.857 bits per heavy atom. The zero-order valence-electron chi connectivity index (χ0n) is 19.9. The van der Waals surface area contributed by atoms with Crippen molar-refractivity contribution in [2.75, 3.05) is 26.2 Å². The average molecular weight is 497 g/mol. The Hall–Kier alpha value is -2.61. The van der Waals surface area contributed by atoms with Gasteiger partial charge in [0.25, 0.3) is 5.91 Å². The molecule has 5 aliphatic rings. The van der Waals surface area contributed by atoms with E-state index in [1.807, 2.05) is 4.90 Å². The van der Waals surface area contributed by atoms with Crippen LogP contribution < -0.4 is 0 Å². The van der Waals surface area contributed by atoms with E-state index in [9.17, 15) is 18.0 Å². The number of piperazine rings is 1. The van der Waals surface area contributed by atoms with Gasteiger partial charge >= 0.3 is 0 Å². The molecular formula is C27H32N2O5S. The molecule has 4 bridgehead atoms. The van der Waals surface area contributed by atoms with Crippen molar-refractivity contribution in [2.45, 2.75) is 49.2 Å². The fourth-order valence-corrected chi connectivity index (χ4v) is 8.89. The molecule has 4 aliphatic carbocycles. The summed E-state index contributed by atoms with van der Waals surface area (Å²) in [4.78, 5) is 30.7. The van der Waals surface area contributed by atoms with Crippen molar-refractivity contribution in [2.24, 2.45) is 23.2 Å². The molecule has 0 N–H and O–H groups in total. The Morgan fingerprint density at radius 2 is 1.43 bits per heavy atom. The van der Waals surface area contributed by atoms with Gasteiger partial charge in [-0.2, -0.15) is 0 Å². The van der Waals surface area contributed by atoms with E-state index in [1.165, 1.54) is 25.5 Å². The molecule has 0 radical (unpaired) electrons. The molecule has 0 spiro atoms. The molecule has 2 aromatic rings. The van der Waals surface area contributed by atoms with Crippen LogP contribution in [0.2, 0.25) is 0 Å². The van der Waals surface area contributed by atoms with Crippen LogP contribution >= 0.6 is 0 Å². The maximum atomic E-state index is 13.6. The molecule has 8 heteroatoms. The molecule has 1 aromatic carbocycles. The van der Waals surface area contributed by atoms with Gasteiger partial charge in [-0.15, -0.1) is 0 Å². The summed E-state index contributed by atoms with van der Waals surface area (Å²) in [5, 5.41) is 0. The molecule has 35 heavy (non-hydrogen) atoms. The highest BCUT2D eigenvalue weighted by Crippen LogP contribution is 2.60. The summed E-state index contributed by atoms with van der Waals surface area (Å²) in [6.07, 6.45) is 8.42. The molecule has 4 saturated carbocycles. The van der Waals surface area contributed by atoms with Crippen LogP contribution in [-0.4, -0.2) is 56.2 Å². The Labute approximate surface area is 206 Å². The minimum absolute atomic E-state index is 0.0744. The monoisotopic (exact) mass is 496 g/mol. The Morgan fingerprint density at radius 3 is 2.03 bits per heavy atom. The SMILES string of the molecule is O=C(c1occc1CS(=O)(=O)c1ccccc1)N1CCN(C(=O)C23CC4CC(CC(C4)C2)C3)CC1. The lowest BCUT2D eigenvalue weighted by atomic mass is 9.49. The summed E-state index contributed by atoms with van der Waals surface area (Å²) >= 11 is 0. The molecule has 0 atom stereocenters. The zero-order chi connectivity index (χ0) is 24.2. The second kappa shape index (κ2) is 8.50. The third-order valence-corrected chi connectivity index (χ3v) is 10.4. The number of carbonyl (C=O) groups excluding carboxylic acids is 2. The number of sulfone groups is 1. The maximum absolute atomic E-state index is 13.6. The fraction of sp³-hybridized carbons (Fsp3) is 0.556. The van der Waals surface area contributed by atoms with E-state index >= 15 is 0 Å². The molecule has 2 heterocycles. The topological polar surface area (TPSA) is 87.9 Å². The summed E-state index contributed by atoms with van der Waals surface area (Å²) in [7, 11) is -3.60. The molecule has 1 saturated heterocycles. The third kappa shape index (κ3) is 4.09. The minimum Gasteiger partial charge on any atom is -0.459 e. The van der Waals surface area contributed by atoms with Crippen LogP contribution in [0.25, 0.3) is 0 Å². The van der Waals surface area contributed by atoms with Crippen molar-refractivity contribution >= 4 is 21.7 Å². The van der Waals surface area contributed by atoms with E-state index in [2.05, 4.69) is 0 Å². The molecule has 1 aromatic heterocycles. The predicted octanol–water partition coefficient (Wildman–Crippen LogP) is 3.75. The standard InChI is InChI=1S/C27H32N2O5S/c30-25(24-22(6-11-34-24)18-35(32,33)23-4-2-1-3-5-23)28-7-9-29(10-8-28)26(31)27-15-19-12-20(16-27)14-21(13-19)17-27/h1-6,11,19-21H,7-10,12-18H2. The number of benzene rings is 1. The first kappa shape index (κ1) is 22.8. The van der Waals surface area contributed by atoms with Crippen LogP contribution in [0.4, 0.5) is 0 Å². The van der Waals surface area contributed by atoms with Crippen molar-refractivity contribution in [3.05, 3.63) is 54.0 Å². The average Bonchev–Trinajstić information content (AvgIpc) is 3.30. The fourth-order valence-electron chi connectivity index (χ4n) is 7.52. The van der Waals surface area contributed by atoms with E-state index in [0.29, 0.717) is 37.6 Å². The summed E-state index contributed by atoms with van der Waals surface area (Å²) in [6, 6.07) is 9.78. The van der Waals surface area contributed by atoms with Crippen LogP contribution in [0.1, 0.15) is 54.6 Å². The van der Waals surface area contributed by atoms with Gasteiger partial charge in [-0.1, -0.05) is 18.2 Å². The Kier molecular flexibility index (Phi) is 5.55. The van der Waals surface area contributed by atoms with Crippen molar-refractivity contribution in [1.29, 1.82) is 0 Å². The number of rotatable bonds is 5. The molecule has 7 nitrogen and oxygen atoms in total. The second-order valence-electron chi connectivity index (χ2n) is 11.1. The summed E-state index contributed by atoms with van der Waals surface area (Å²) in [5.41, 5.74) is 0.201. The second-order valence-corrected chi connectivity index (χ2v) is 13.1. The van der Waals surface area contributed by atoms with Crippen molar-refractivity contribution < 1.29 is 22.4 Å². The molecule has 1 aliphatic heterocycles. The van der Waals surface area contributed by atoms with E-state index in [1.54, 1.807) is 41.3 Å². The lowest BCUT2D eigenvalue weighted by molar-refractivity contribution is -0.159. The summed E-state index contributed by atoms with van der Waals surface area (Å²) in [6.45, 7) is 1.90. The van der Waals surface area contributed by atoms with Gasteiger partial charge in [0.15, 0.2) is 15.6 Å². The number of nitrogens with zero attached hydrogens (tertiary/aromatic N) is 2. The van der Waals surface area contributed by atoms with E-state index in [0.717, 1.165) is 37.0 Å². The minimum atomic E-state index is -3.60. The molecule has 2 amide bonds. The molecular weight excluding hydrogens is 464 g/mol. The molecule has 7 rings (SSSR count). The number of hydrogen-bond acceptors (Lipinski definition) is 5. The lowest BCUT2D eigenvalue weighted by Crippen LogP contribution is -2.58. The summed E-state index contributed by atoms with van der Waals surface area (Å²) in [5.74, 6) is 1.93. The first-order chi connectivity index (χ1) is 16.8. The first-order valence-corrected chi connectivity index (χ1v) is 14.4. The number of amides is 2. The van der Waals surface area contributed by atoms with Crippen molar-refractivity contribution in [1.82, 2.24) is 9.80 Å². The van der Waals surface area contributed by atoms with Gasteiger partial charge in [-0.05, 0) is 74.5 Å². The molecule has 5 fully saturated rings. The van der Waals surface area contributed by atoms with Crippen LogP contribution in [0.3, 0.4) is 0 Å². The van der Waals surface area contributed by atoms with E-state index in [4.69, 9.17) is 4.42 Å². The van der Waals surface area contributed by atoms with Gasteiger partial charge in [0.05, 0.1) is 22.3 Å².